The smallest absolute Gasteiger partial charge is 0.428 e. The van der Waals surface area contributed by atoms with Crippen molar-refractivity contribution in [2.75, 3.05) is 0 Å². The zero-order valence-electron chi connectivity index (χ0n) is 51.3. The van der Waals surface area contributed by atoms with Crippen molar-refractivity contribution < 1.29 is 57.1 Å². The van der Waals surface area contributed by atoms with Crippen molar-refractivity contribution in [2.45, 2.75) is 139 Å². The summed E-state index contributed by atoms with van der Waals surface area (Å²) < 4.78 is 45.7. The second-order valence-corrected chi connectivity index (χ2v) is 26.2. The summed E-state index contributed by atoms with van der Waals surface area (Å²) in [6.07, 6.45) is -3.74. The minimum Gasteiger partial charge on any atom is -0.428 e. The van der Waals surface area contributed by atoms with E-state index < -0.39 is 52.4 Å². The Kier molecular flexibility index (Phi) is 15.1. The van der Waals surface area contributed by atoms with Crippen LogP contribution in [0.3, 0.4) is 0 Å². The Morgan fingerprint density at radius 1 is 0.271 bits per heavy atom. The lowest BCUT2D eigenvalue weighted by molar-refractivity contribution is 0.0178. The molecule has 8 aromatic rings. The first-order chi connectivity index (χ1) is 39.7. The molecule has 0 N–H and O–H groups in total. The van der Waals surface area contributed by atoms with Crippen molar-refractivity contribution in [3.63, 3.8) is 0 Å². The fourth-order valence-corrected chi connectivity index (χ4v) is 11.4. The van der Waals surface area contributed by atoms with Gasteiger partial charge in [0.05, 0.1) is 5.41 Å². The fraction of sp³-hybridized carbons (Fsp3) is 0.288. The van der Waals surface area contributed by atoms with E-state index in [9.17, 15) is 19.2 Å². The van der Waals surface area contributed by atoms with Gasteiger partial charge in [-0.3, -0.25) is 0 Å². The van der Waals surface area contributed by atoms with Gasteiger partial charge in [-0.05, 0) is 248 Å². The maximum Gasteiger partial charge on any atom is 0.514 e. The highest BCUT2D eigenvalue weighted by atomic mass is 16.8. The molecule has 12 heteroatoms. The highest BCUT2D eigenvalue weighted by Gasteiger charge is 2.52. The van der Waals surface area contributed by atoms with Crippen LogP contribution in [0.1, 0.15) is 128 Å². The third-order valence-electron chi connectivity index (χ3n) is 14.2. The van der Waals surface area contributed by atoms with Crippen LogP contribution in [0.15, 0.2) is 146 Å². The van der Waals surface area contributed by atoms with E-state index in [1.54, 1.807) is 107 Å². The second-order valence-electron chi connectivity index (χ2n) is 26.2. The molecule has 0 bridgehead atoms. The first-order valence-electron chi connectivity index (χ1n) is 28.5. The predicted octanol–water partition coefficient (Wildman–Crippen LogP) is 19.2. The van der Waals surface area contributed by atoms with Gasteiger partial charge in [-0.25, -0.2) is 19.2 Å². The van der Waals surface area contributed by atoms with Crippen LogP contribution in [-0.4, -0.2) is 47.0 Å². The summed E-state index contributed by atoms with van der Waals surface area (Å²) in [6.45, 7) is 29.4. The zero-order chi connectivity index (χ0) is 61.3. The van der Waals surface area contributed by atoms with Crippen molar-refractivity contribution >= 4 is 24.6 Å². The number of hydrogen-bond donors (Lipinski definition) is 0. The number of benzene rings is 8. The fourth-order valence-electron chi connectivity index (χ4n) is 11.4. The normalized spacial score (nSPS) is 13.0. The van der Waals surface area contributed by atoms with Gasteiger partial charge < -0.3 is 37.9 Å². The third kappa shape index (κ3) is 13.0. The van der Waals surface area contributed by atoms with Crippen LogP contribution in [0.2, 0.25) is 0 Å². The van der Waals surface area contributed by atoms with Crippen LogP contribution < -0.4 is 18.9 Å². The van der Waals surface area contributed by atoms with Gasteiger partial charge in [0.2, 0.25) is 0 Å². The Bertz CT molecular complexity index is 3630. The van der Waals surface area contributed by atoms with Gasteiger partial charge in [0.1, 0.15) is 45.4 Å². The molecule has 0 atom stereocenters. The van der Waals surface area contributed by atoms with Gasteiger partial charge in [-0.2, -0.15) is 0 Å². The minimum absolute atomic E-state index is 0.0779. The average Bonchev–Trinajstić information content (AvgIpc) is 1.95. The second kappa shape index (κ2) is 21.8. The first kappa shape index (κ1) is 59.0. The molecule has 12 nitrogen and oxygen atoms in total. The number of hydrogen-bond acceptors (Lipinski definition) is 12. The van der Waals surface area contributed by atoms with Crippen molar-refractivity contribution in [3.05, 3.63) is 190 Å². The van der Waals surface area contributed by atoms with Crippen molar-refractivity contribution in [3.8, 4) is 89.8 Å². The largest absolute Gasteiger partial charge is 0.514 e. The standard InChI is InChI=1S/C73H72O12/c1-41-25-42(2)28-49(27-41)45-17-21-57-59-23-19-47(51-31-53(78-65(74)82-69(5,6)7)39-54(32-51)79-66(75)83-70(8,9)10)37-63(59)73(61(57)35-45)62-36-46(50-29-43(3)26-44(4)30-50)18-22-58(62)60-24-20-48(38-64(60)73)52-33-55(80-67(76)84-71(11,12)13)40-56(34-52)81-68(77)85-72(14,15)16/h17-40H,1-16H3. The van der Waals surface area contributed by atoms with E-state index in [0.717, 1.165) is 100 Å². The molecular formula is C73H72O12. The highest BCUT2D eigenvalue weighted by Crippen LogP contribution is 2.64. The maximum atomic E-state index is 13.3. The van der Waals surface area contributed by atoms with Gasteiger partial charge in [-0.1, -0.05) is 107 Å². The number of carbonyl (C=O) groups excluding carboxylic acids is 4. The first-order valence-corrected chi connectivity index (χ1v) is 28.5. The lowest BCUT2D eigenvalue weighted by Crippen LogP contribution is -2.26. The summed E-state index contributed by atoms with van der Waals surface area (Å²) in [5, 5.41) is 0. The van der Waals surface area contributed by atoms with Crippen LogP contribution in [0, 0.1) is 27.7 Å². The van der Waals surface area contributed by atoms with E-state index in [2.05, 4.69) is 125 Å². The molecule has 0 fully saturated rings. The van der Waals surface area contributed by atoms with E-state index in [-0.39, 0.29) is 23.0 Å². The molecule has 8 aromatic carbocycles. The molecule has 2 aliphatic rings. The number of rotatable bonds is 8. The van der Waals surface area contributed by atoms with Crippen LogP contribution in [0.4, 0.5) is 19.2 Å². The topological polar surface area (TPSA) is 142 Å². The molecule has 1 spiro atoms. The van der Waals surface area contributed by atoms with Crippen LogP contribution in [0.5, 0.6) is 23.0 Å². The van der Waals surface area contributed by atoms with Crippen molar-refractivity contribution in [2.24, 2.45) is 0 Å². The predicted molar refractivity (Wildman–Crippen MR) is 331 cm³/mol. The van der Waals surface area contributed by atoms with Crippen LogP contribution in [-0.2, 0) is 24.4 Å². The quantitative estimate of drug-likeness (QED) is 0.0812. The molecule has 0 saturated carbocycles. The number of carbonyl (C=O) groups is 4. The van der Waals surface area contributed by atoms with Gasteiger partial charge in [0.15, 0.2) is 0 Å². The molecule has 0 heterocycles. The Morgan fingerprint density at radius 3 is 0.694 bits per heavy atom. The van der Waals surface area contributed by atoms with Gasteiger partial charge in [0.25, 0.3) is 0 Å². The molecule has 0 radical (unpaired) electrons. The number of aryl methyl sites for hydroxylation is 4. The van der Waals surface area contributed by atoms with Crippen LogP contribution >= 0.6 is 0 Å². The Hall–Kier alpha value is -9.16. The zero-order valence-corrected chi connectivity index (χ0v) is 51.3. The SMILES string of the molecule is Cc1cc(C)cc(-c2ccc3c(c2)C2(c4cc(-c5cc(C)cc(C)c5)ccc4-c4ccc(-c5cc(OC(=O)OC(C)(C)C)cc(OC(=O)OC(C)(C)C)c5)cc42)c2cc(-c4cc(OC(=O)OC(C)(C)C)cc(OC(=O)OC(C)(C)C)c4)ccc2-3)c1. The summed E-state index contributed by atoms with van der Waals surface area (Å²) >= 11 is 0. The summed E-state index contributed by atoms with van der Waals surface area (Å²) in [7, 11) is 0. The summed E-state index contributed by atoms with van der Waals surface area (Å²) in [5.41, 5.74) is 14.9. The molecule has 0 unspecified atom stereocenters. The lowest BCUT2D eigenvalue weighted by atomic mass is 9.69. The molecule has 2 aliphatic carbocycles. The number of fused-ring (bicyclic) bond motifs is 10. The van der Waals surface area contributed by atoms with E-state index >= 15 is 0 Å². The average molecular weight is 1140 g/mol. The van der Waals surface area contributed by atoms with Crippen molar-refractivity contribution in [1.29, 1.82) is 0 Å². The molecule has 85 heavy (non-hydrogen) atoms. The van der Waals surface area contributed by atoms with Crippen LogP contribution in [0.25, 0.3) is 66.8 Å². The molecule has 0 aliphatic heterocycles. The molecule has 0 amide bonds. The maximum absolute atomic E-state index is 13.3. The summed E-state index contributed by atoms with van der Waals surface area (Å²) in [5.74, 6) is 0.311. The van der Waals surface area contributed by atoms with Gasteiger partial charge in [-0.15, -0.1) is 0 Å². The van der Waals surface area contributed by atoms with Gasteiger partial charge in [0, 0.05) is 12.1 Å². The minimum atomic E-state index is -1.04. The molecule has 10 rings (SSSR count). The molecule has 0 aromatic heterocycles. The Labute approximate surface area is 497 Å². The highest BCUT2D eigenvalue weighted by molar-refractivity contribution is 5.99. The molecular weight excluding hydrogens is 1070 g/mol. The van der Waals surface area contributed by atoms with E-state index in [1.807, 2.05) is 12.1 Å². The van der Waals surface area contributed by atoms with Crippen molar-refractivity contribution in [1.82, 2.24) is 0 Å². The summed E-state index contributed by atoms with van der Waals surface area (Å²) in [4.78, 5) is 53.4. The summed E-state index contributed by atoms with van der Waals surface area (Å²) in [6, 6.07) is 49.0. The third-order valence-corrected chi connectivity index (χ3v) is 14.2. The molecule has 436 valence electrons. The van der Waals surface area contributed by atoms with E-state index in [4.69, 9.17) is 37.9 Å². The number of ether oxygens (including phenoxy) is 8. The van der Waals surface area contributed by atoms with Gasteiger partial charge >= 0.3 is 24.6 Å². The monoisotopic (exact) mass is 1140 g/mol. The lowest BCUT2D eigenvalue weighted by Gasteiger charge is -2.32. The Balaban J connectivity index is 1.25. The Morgan fingerprint density at radius 2 is 0.482 bits per heavy atom. The van der Waals surface area contributed by atoms with E-state index in [0.29, 0.717) is 11.1 Å². The van der Waals surface area contributed by atoms with E-state index in [1.165, 1.54) is 12.1 Å². The molecule has 0 saturated heterocycles.